The maximum atomic E-state index is 6.33. The summed E-state index contributed by atoms with van der Waals surface area (Å²) in [5.74, 6) is 0.996. The van der Waals surface area contributed by atoms with E-state index in [2.05, 4.69) is 112 Å². The molecule has 3 aromatic carbocycles. The molecule has 0 bridgehead atoms. The molecule has 3 nitrogen and oxygen atoms in total. The van der Waals surface area contributed by atoms with Crippen LogP contribution >= 0.6 is 0 Å². The van der Waals surface area contributed by atoms with Crippen LogP contribution < -0.4 is 5.19 Å². The Morgan fingerprint density at radius 2 is 1.50 bits per heavy atom. The van der Waals surface area contributed by atoms with Gasteiger partial charge in [-0.05, 0) is 40.9 Å². The van der Waals surface area contributed by atoms with Crippen LogP contribution in [0.15, 0.2) is 95.7 Å². The van der Waals surface area contributed by atoms with Crippen molar-refractivity contribution in [2.75, 3.05) is 0 Å². The van der Waals surface area contributed by atoms with Crippen molar-refractivity contribution in [3.05, 3.63) is 115 Å². The molecule has 0 aliphatic rings. The number of fused-ring (bicyclic) bond motifs is 3. The quantitative estimate of drug-likeness (QED) is 0.130. The molecule has 0 unspecified atom stereocenters. The van der Waals surface area contributed by atoms with Crippen LogP contribution in [0.25, 0.3) is 44.5 Å². The Bertz CT molecular complexity index is 1770. The Labute approximate surface area is 264 Å². The summed E-state index contributed by atoms with van der Waals surface area (Å²) in [6.45, 7) is 15.9. The van der Waals surface area contributed by atoms with Gasteiger partial charge >= 0.3 is 0 Å². The summed E-state index contributed by atoms with van der Waals surface area (Å²) >= 11 is 0. The standard InChI is InChI=1S/C23H24NOSi.C14H14N.Ir/c1-15(2)16-12-13-24-19(14-16)17-10-11-21(26(3,4)5)22-18-8-6-7-9-20(18)25-23(17)22;1-11(2)13-8-9-14(15-10-13)12-6-4-3-5-7-12;/h6-9,11-15H,1-5H3;3-6,8-11H,1-2H3;/q2*-1;. The first-order valence-corrected chi connectivity index (χ1v) is 17.9. The van der Waals surface area contributed by atoms with E-state index in [1.54, 1.807) is 0 Å². The van der Waals surface area contributed by atoms with E-state index < -0.39 is 8.07 Å². The first kappa shape index (κ1) is 31.6. The van der Waals surface area contributed by atoms with E-state index in [0.29, 0.717) is 11.8 Å². The molecule has 5 heteroatoms. The van der Waals surface area contributed by atoms with Crippen LogP contribution in [-0.2, 0) is 20.1 Å². The predicted molar refractivity (Wildman–Crippen MR) is 175 cm³/mol. The maximum Gasteiger partial charge on any atom is 0.120 e. The van der Waals surface area contributed by atoms with Crippen molar-refractivity contribution >= 4 is 35.2 Å². The number of nitrogens with zero attached hydrogens (tertiary/aromatic N) is 2. The third kappa shape index (κ3) is 6.81. The van der Waals surface area contributed by atoms with E-state index in [9.17, 15) is 0 Å². The number of hydrogen-bond donors (Lipinski definition) is 0. The molecule has 1 radical (unpaired) electrons. The molecule has 0 saturated heterocycles. The topological polar surface area (TPSA) is 38.9 Å². The molecular weight excluding hydrogens is 709 g/mol. The third-order valence-corrected chi connectivity index (χ3v) is 9.42. The molecule has 0 saturated carbocycles. The molecule has 42 heavy (non-hydrogen) atoms. The fourth-order valence-electron chi connectivity index (χ4n) is 4.95. The second kappa shape index (κ2) is 13.3. The summed E-state index contributed by atoms with van der Waals surface area (Å²) in [7, 11) is -1.54. The van der Waals surface area contributed by atoms with Gasteiger partial charge in [-0.3, -0.25) is 0 Å². The zero-order valence-corrected chi connectivity index (χ0v) is 28.8. The van der Waals surface area contributed by atoms with Crippen molar-refractivity contribution in [1.82, 2.24) is 9.97 Å². The zero-order chi connectivity index (χ0) is 29.1. The number of furan rings is 1. The van der Waals surface area contributed by atoms with Gasteiger partial charge in [-0.15, -0.1) is 53.2 Å². The van der Waals surface area contributed by atoms with Crippen LogP contribution in [0.2, 0.25) is 19.6 Å². The van der Waals surface area contributed by atoms with Gasteiger partial charge in [0.1, 0.15) is 5.58 Å². The Hall–Kier alpha value is -3.37. The van der Waals surface area contributed by atoms with Crippen LogP contribution in [0.4, 0.5) is 0 Å². The van der Waals surface area contributed by atoms with Gasteiger partial charge in [0.15, 0.2) is 0 Å². The van der Waals surface area contributed by atoms with E-state index in [0.717, 1.165) is 33.7 Å². The van der Waals surface area contributed by atoms with E-state index >= 15 is 0 Å². The molecular formula is C37H38IrN2OSi-2. The van der Waals surface area contributed by atoms with Crippen molar-refractivity contribution in [2.45, 2.75) is 59.2 Å². The monoisotopic (exact) mass is 747 g/mol. The molecule has 3 aromatic heterocycles. The summed E-state index contributed by atoms with van der Waals surface area (Å²) in [6.07, 6.45) is 3.83. The van der Waals surface area contributed by atoms with Gasteiger partial charge in [0.2, 0.25) is 0 Å². The van der Waals surface area contributed by atoms with Gasteiger partial charge in [-0.2, -0.15) is 0 Å². The van der Waals surface area contributed by atoms with Gasteiger partial charge in [0.25, 0.3) is 0 Å². The summed E-state index contributed by atoms with van der Waals surface area (Å²) < 4.78 is 6.33. The smallest absolute Gasteiger partial charge is 0.120 e. The van der Waals surface area contributed by atoms with E-state index in [-0.39, 0.29) is 20.1 Å². The first-order chi connectivity index (χ1) is 19.6. The van der Waals surface area contributed by atoms with Crippen molar-refractivity contribution < 1.29 is 24.5 Å². The fraction of sp³-hybridized carbons (Fsp3) is 0.243. The molecule has 0 atom stereocenters. The van der Waals surface area contributed by atoms with Crippen molar-refractivity contribution in [1.29, 1.82) is 0 Å². The van der Waals surface area contributed by atoms with Crippen LogP contribution in [0.1, 0.15) is 50.7 Å². The Balaban J connectivity index is 0.000000216. The van der Waals surface area contributed by atoms with E-state index in [1.807, 2.05) is 48.8 Å². The summed E-state index contributed by atoms with van der Waals surface area (Å²) in [5, 5.41) is 3.82. The van der Waals surface area contributed by atoms with Gasteiger partial charge in [-0.1, -0.05) is 100 Å². The summed E-state index contributed by atoms with van der Waals surface area (Å²) in [4.78, 5) is 9.06. The average Bonchev–Trinajstić information content (AvgIpc) is 3.37. The Morgan fingerprint density at radius 1 is 0.762 bits per heavy atom. The normalized spacial score (nSPS) is 11.5. The molecule has 0 N–H and O–H groups in total. The van der Waals surface area contributed by atoms with Gasteiger partial charge in [-0.25, -0.2) is 0 Å². The summed E-state index contributed by atoms with van der Waals surface area (Å²) in [6, 6.07) is 33.5. The third-order valence-electron chi connectivity index (χ3n) is 7.41. The number of para-hydroxylation sites is 1. The molecule has 217 valence electrons. The van der Waals surface area contributed by atoms with Gasteiger partial charge in [0.05, 0.1) is 5.58 Å². The van der Waals surface area contributed by atoms with E-state index in [4.69, 9.17) is 4.42 Å². The van der Waals surface area contributed by atoms with Crippen LogP contribution in [-0.4, -0.2) is 18.0 Å². The number of pyridine rings is 2. The minimum Gasteiger partial charge on any atom is -0.501 e. The number of aromatic nitrogens is 2. The van der Waals surface area contributed by atoms with Crippen LogP contribution in [0.3, 0.4) is 0 Å². The minimum absolute atomic E-state index is 0. The minimum atomic E-state index is -1.54. The van der Waals surface area contributed by atoms with Crippen LogP contribution in [0.5, 0.6) is 0 Å². The second-order valence-corrected chi connectivity index (χ2v) is 17.2. The molecule has 3 heterocycles. The number of benzene rings is 3. The molecule has 0 fully saturated rings. The molecule has 0 spiro atoms. The van der Waals surface area contributed by atoms with Gasteiger partial charge in [0, 0.05) is 46.0 Å². The average molecular weight is 747 g/mol. The van der Waals surface area contributed by atoms with Crippen molar-refractivity contribution in [3.63, 3.8) is 0 Å². The first-order valence-electron chi connectivity index (χ1n) is 14.4. The zero-order valence-electron chi connectivity index (χ0n) is 25.5. The summed E-state index contributed by atoms with van der Waals surface area (Å²) in [5.41, 5.74) is 8.33. The van der Waals surface area contributed by atoms with Gasteiger partial charge < -0.3 is 14.4 Å². The maximum absolute atomic E-state index is 6.33. The van der Waals surface area contributed by atoms with Crippen molar-refractivity contribution in [3.8, 4) is 22.5 Å². The molecule has 0 amide bonds. The largest absolute Gasteiger partial charge is 0.501 e. The van der Waals surface area contributed by atoms with Crippen LogP contribution in [0, 0.1) is 12.1 Å². The number of rotatable bonds is 5. The fourth-order valence-corrected chi connectivity index (χ4v) is 6.46. The predicted octanol–water partition coefficient (Wildman–Crippen LogP) is 9.79. The molecule has 6 aromatic rings. The van der Waals surface area contributed by atoms with E-state index in [1.165, 1.54) is 27.1 Å². The Kier molecular flexibility index (Phi) is 9.99. The second-order valence-electron chi connectivity index (χ2n) is 12.2. The number of hydrogen-bond acceptors (Lipinski definition) is 3. The van der Waals surface area contributed by atoms with Crippen molar-refractivity contribution in [2.24, 2.45) is 0 Å². The molecule has 0 aliphatic heterocycles. The molecule has 0 aliphatic carbocycles. The SMILES string of the molecule is CC(C)c1ccc(-c2[c-]cccc2)nc1.CC(C)c1ccnc(-c2[c-]cc([Si](C)(C)C)c3c2oc2ccccc23)c1.[Ir]. The Morgan fingerprint density at radius 3 is 2.14 bits per heavy atom. The molecule has 6 rings (SSSR count).